The number of carbonyl (C=O) groups excluding carboxylic acids is 1. The lowest BCUT2D eigenvalue weighted by atomic mass is 9.91. The lowest BCUT2D eigenvalue weighted by molar-refractivity contribution is 0.112. The van der Waals surface area contributed by atoms with Crippen LogP contribution in [-0.4, -0.2) is 24.6 Å². The summed E-state index contributed by atoms with van der Waals surface area (Å²) in [6.07, 6.45) is 0.412. The fraction of sp³-hybridized carbons (Fsp3) is 0.174. The molecule has 1 heterocycles. The Morgan fingerprint density at radius 2 is 1.93 bits per heavy atom. The van der Waals surface area contributed by atoms with Crippen molar-refractivity contribution in [2.75, 3.05) is 13.2 Å². The van der Waals surface area contributed by atoms with E-state index in [1.54, 1.807) is 0 Å². The van der Waals surface area contributed by atoms with Crippen molar-refractivity contribution in [3.63, 3.8) is 0 Å². The quantitative estimate of drug-likeness (QED) is 0.550. The third-order valence-corrected chi connectivity index (χ3v) is 5.35. The second kappa shape index (κ2) is 8.42. The van der Waals surface area contributed by atoms with Gasteiger partial charge >= 0.3 is 0 Å². The van der Waals surface area contributed by atoms with E-state index in [1.807, 2.05) is 30.3 Å². The molecule has 4 nitrogen and oxygen atoms in total. The first-order valence-electron chi connectivity index (χ1n) is 9.29. The molecule has 3 aromatic rings. The number of hydrogen-bond donors (Lipinski definition) is 1. The molecule has 1 aliphatic rings. The molecule has 0 amide bonds. The molecule has 0 saturated heterocycles. The summed E-state index contributed by atoms with van der Waals surface area (Å²) < 4.78 is 41.1. The van der Waals surface area contributed by atoms with Crippen LogP contribution < -0.4 is 9.47 Å². The molecule has 154 valence electrons. The van der Waals surface area contributed by atoms with Gasteiger partial charge in [0.1, 0.15) is 24.3 Å². The smallest absolute Gasteiger partial charge is 0.173 e. The molecule has 1 unspecified atom stereocenters. The number of halogens is 3. The Balaban J connectivity index is 1.89. The predicted molar refractivity (Wildman–Crippen MR) is 108 cm³/mol. The summed E-state index contributed by atoms with van der Waals surface area (Å²) in [5.74, 6) is -1.56. The van der Waals surface area contributed by atoms with Gasteiger partial charge in [-0.3, -0.25) is 4.79 Å². The number of aldehydes is 1. The number of aliphatic hydroxyl groups excluding tert-OH is 1. The van der Waals surface area contributed by atoms with Gasteiger partial charge in [0.25, 0.3) is 0 Å². The van der Waals surface area contributed by atoms with Crippen molar-refractivity contribution in [1.82, 2.24) is 0 Å². The Hall–Kier alpha value is -2.96. The minimum absolute atomic E-state index is 0.00158. The number of rotatable bonds is 6. The van der Waals surface area contributed by atoms with E-state index < -0.39 is 17.7 Å². The SMILES string of the molecule is O=Cc1ccc(OCCO)c(F)c1-c1c(Cl)c(F)cc2c1CC(c1ccccc1)O2. The minimum Gasteiger partial charge on any atom is -0.488 e. The topological polar surface area (TPSA) is 55.8 Å². The van der Waals surface area contributed by atoms with E-state index in [-0.39, 0.29) is 46.4 Å². The molecule has 1 N–H and O–H groups in total. The molecule has 0 spiro atoms. The molecule has 0 saturated carbocycles. The first-order chi connectivity index (χ1) is 14.5. The molecule has 1 atom stereocenters. The molecule has 30 heavy (non-hydrogen) atoms. The molecule has 0 fully saturated rings. The molecule has 1 aliphatic heterocycles. The van der Waals surface area contributed by atoms with Gasteiger partial charge in [0.05, 0.1) is 11.6 Å². The zero-order chi connectivity index (χ0) is 21.3. The lowest BCUT2D eigenvalue weighted by Gasteiger charge is -2.16. The summed E-state index contributed by atoms with van der Waals surface area (Å²) in [6.45, 7) is -0.447. The standard InChI is InChI=1S/C23H17ClF2O4/c24-22-16(25)11-19-15(10-18(30-19)13-4-2-1-3-5-13)21(22)20-14(12-28)6-7-17(23(20)26)29-9-8-27/h1-7,11-12,18,27H,8-10H2. The molecule has 3 aromatic carbocycles. The zero-order valence-corrected chi connectivity index (χ0v) is 16.5. The van der Waals surface area contributed by atoms with Crippen molar-refractivity contribution in [2.24, 2.45) is 0 Å². The third-order valence-electron chi connectivity index (χ3n) is 4.98. The van der Waals surface area contributed by atoms with Gasteiger partial charge in [0, 0.05) is 34.7 Å². The van der Waals surface area contributed by atoms with Crippen LogP contribution in [0.5, 0.6) is 11.5 Å². The Bertz CT molecular complexity index is 1100. The molecule has 0 aliphatic carbocycles. The van der Waals surface area contributed by atoms with Crippen molar-refractivity contribution in [2.45, 2.75) is 12.5 Å². The summed E-state index contributed by atoms with van der Waals surface area (Å²) in [5.41, 5.74) is 1.31. The molecule has 0 radical (unpaired) electrons. The van der Waals surface area contributed by atoms with Crippen LogP contribution in [0.3, 0.4) is 0 Å². The van der Waals surface area contributed by atoms with Crippen LogP contribution in [-0.2, 0) is 6.42 Å². The third kappa shape index (κ3) is 3.53. The molecular formula is C23H17ClF2O4. The highest BCUT2D eigenvalue weighted by Crippen LogP contribution is 2.48. The van der Waals surface area contributed by atoms with Crippen molar-refractivity contribution in [3.05, 3.63) is 81.9 Å². The van der Waals surface area contributed by atoms with Crippen molar-refractivity contribution in [3.8, 4) is 22.6 Å². The Morgan fingerprint density at radius 1 is 1.17 bits per heavy atom. The number of carbonyl (C=O) groups is 1. The van der Waals surface area contributed by atoms with Crippen LogP contribution in [0.2, 0.25) is 5.02 Å². The van der Waals surface area contributed by atoms with Gasteiger partial charge in [-0.1, -0.05) is 41.9 Å². The van der Waals surface area contributed by atoms with Gasteiger partial charge in [-0.15, -0.1) is 0 Å². The van der Waals surface area contributed by atoms with E-state index in [9.17, 15) is 9.18 Å². The Morgan fingerprint density at radius 3 is 2.63 bits per heavy atom. The zero-order valence-electron chi connectivity index (χ0n) is 15.7. The van der Waals surface area contributed by atoms with Gasteiger partial charge in [-0.25, -0.2) is 8.78 Å². The number of ether oxygens (including phenoxy) is 2. The van der Waals surface area contributed by atoms with Crippen LogP contribution in [0.1, 0.15) is 27.6 Å². The van der Waals surface area contributed by atoms with Crippen molar-refractivity contribution >= 4 is 17.9 Å². The van der Waals surface area contributed by atoms with Crippen molar-refractivity contribution in [1.29, 1.82) is 0 Å². The average molecular weight is 431 g/mol. The van der Waals surface area contributed by atoms with Crippen LogP contribution in [0.25, 0.3) is 11.1 Å². The van der Waals surface area contributed by atoms with Gasteiger partial charge in [0.2, 0.25) is 0 Å². The summed E-state index contributed by atoms with van der Waals surface area (Å²) in [5, 5.41) is 8.66. The van der Waals surface area contributed by atoms with Crippen LogP contribution in [0.4, 0.5) is 8.78 Å². The fourth-order valence-electron chi connectivity index (χ4n) is 3.63. The van der Waals surface area contributed by atoms with E-state index in [4.69, 9.17) is 26.2 Å². The first kappa shape index (κ1) is 20.3. The summed E-state index contributed by atoms with van der Waals surface area (Å²) >= 11 is 6.27. The molecular weight excluding hydrogens is 414 g/mol. The second-order valence-corrected chi connectivity index (χ2v) is 7.16. The predicted octanol–water partition coefficient (Wildman–Crippen LogP) is 5.15. The highest BCUT2D eigenvalue weighted by Gasteiger charge is 2.32. The van der Waals surface area contributed by atoms with E-state index in [1.165, 1.54) is 18.2 Å². The van der Waals surface area contributed by atoms with Gasteiger partial charge in [-0.2, -0.15) is 0 Å². The molecule has 7 heteroatoms. The van der Waals surface area contributed by atoms with Crippen LogP contribution in [0, 0.1) is 11.6 Å². The van der Waals surface area contributed by atoms with Crippen molar-refractivity contribution < 1.29 is 28.2 Å². The summed E-state index contributed by atoms with van der Waals surface area (Å²) in [6, 6.07) is 13.2. The summed E-state index contributed by atoms with van der Waals surface area (Å²) in [4.78, 5) is 11.6. The number of fused-ring (bicyclic) bond motifs is 1. The fourth-order valence-corrected chi connectivity index (χ4v) is 3.90. The highest BCUT2D eigenvalue weighted by atomic mass is 35.5. The maximum absolute atomic E-state index is 15.3. The number of aliphatic hydroxyl groups is 1. The number of benzene rings is 3. The molecule has 4 rings (SSSR count). The maximum atomic E-state index is 15.3. The largest absolute Gasteiger partial charge is 0.488 e. The van der Waals surface area contributed by atoms with Crippen LogP contribution >= 0.6 is 11.6 Å². The molecule has 0 bridgehead atoms. The Labute approximate surface area is 176 Å². The monoisotopic (exact) mass is 430 g/mol. The van der Waals surface area contributed by atoms with Gasteiger partial charge < -0.3 is 14.6 Å². The van der Waals surface area contributed by atoms with E-state index >= 15 is 4.39 Å². The average Bonchev–Trinajstić information content (AvgIpc) is 3.18. The van der Waals surface area contributed by atoms with Gasteiger partial charge in [-0.05, 0) is 17.7 Å². The first-order valence-corrected chi connectivity index (χ1v) is 9.67. The Kier molecular flexibility index (Phi) is 5.70. The lowest BCUT2D eigenvalue weighted by Crippen LogP contribution is -2.06. The number of hydrogen-bond acceptors (Lipinski definition) is 4. The summed E-state index contributed by atoms with van der Waals surface area (Å²) in [7, 11) is 0. The van der Waals surface area contributed by atoms with Gasteiger partial charge in [0.15, 0.2) is 17.9 Å². The normalized spacial score (nSPS) is 14.9. The van der Waals surface area contributed by atoms with E-state index in [0.29, 0.717) is 18.3 Å². The minimum atomic E-state index is -0.856. The molecule has 0 aromatic heterocycles. The second-order valence-electron chi connectivity index (χ2n) is 6.78. The highest BCUT2D eigenvalue weighted by molar-refractivity contribution is 6.34. The van der Waals surface area contributed by atoms with E-state index in [0.717, 1.165) is 5.56 Å². The van der Waals surface area contributed by atoms with Crippen LogP contribution in [0.15, 0.2) is 48.5 Å². The van der Waals surface area contributed by atoms with E-state index in [2.05, 4.69) is 0 Å². The maximum Gasteiger partial charge on any atom is 0.173 e.